The molecule has 0 bridgehead atoms. The number of carbonyl (C=O) groups is 1. The number of carbonyl (C=O) groups excluding carboxylic acids is 1. The molecule has 1 aliphatic heterocycles. The highest BCUT2D eigenvalue weighted by Gasteiger charge is 2.31. The van der Waals surface area contributed by atoms with Gasteiger partial charge in [-0.15, -0.1) is 0 Å². The zero-order chi connectivity index (χ0) is 19.0. The van der Waals surface area contributed by atoms with Gasteiger partial charge >= 0.3 is 0 Å². The lowest BCUT2D eigenvalue weighted by atomic mass is 10.0. The molecule has 1 aliphatic rings. The van der Waals surface area contributed by atoms with E-state index in [2.05, 4.69) is 10.4 Å². The normalized spacial score (nSPS) is 16.3. The van der Waals surface area contributed by atoms with Gasteiger partial charge in [-0.1, -0.05) is 0 Å². The maximum Gasteiger partial charge on any atom is 0.254 e. The molecule has 3 heterocycles. The Balaban J connectivity index is 1.79. The SMILES string of the molecule is CCOc1ccc2cc([C@H]3C=C(c4ccco4)NN3C(C)=O)c(=O)[nH]c2c1. The molecule has 0 unspecified atom stereocenters. The van der Waals surface area contributed by atoms with Crippen LogP contribution in [0.2, 0.25) is 0 Å². The molecule has 0 radical (unpaired) electrons. The van der Waals surface area contributed by atoms with Gasteiger partial charge in [-0.05, 0) is 48.7 Å². The van der Waals surface area contributed by atoms with E-state index >= 15 is 0 Å². The fourth-order valence-electron chi connectivity index (χ4n) is 3.21. The molecule has 27 heavy (non-hydrogen) atoms. The summed E-state index contributed by atoms with van der Waals surface area (Å²) in [6, 6.07) is 10.4. The van der Waals surface area contributed by atoms with Crippen LogP contribution in [-0.2, 0) is 4.79 Å². The number of hydrogen-bond donors (Lipinski definition) is 2. The fraction of sp³-hybridized carbons (Fsp3) is 0.200. The summed E-state index contributed by atoms with van der Waals surface area (Å²) in [4.78, 5) is 27.7. The van der Waals surface area contributed by atoms with Crippen molar-refractivity contribution < 1.29 is 13.9 Å². The number of furan rings is 1. The Labute approximate surface area is 155 Å². The summed E-state index contributed by atoms with van der Waals surface area (Å²) in [6.07, 6.45) is 3.37. The van der Waals surface area contributed by atoms with Crippen LogP contribution >= 0.6 is 0 Å². The van der Waals surface area contributed by atoms with Crippen molar-refractivity contribution >= 4 is 22.5 Å². The fourth-order valence-corrected chi connectivity index (χ4v) is 3.21. The van der Waals surface area contributed by atoms with Crippen LogP contribution in [0.25, 0.3) is 16.6 Å². The molecule has 0 spiro atoms. The number of pyridine rings is 1. The quantitative estimate of drug-likeness (QED) is 0.742. The highest BCUT2D eigenvalue weighted by Crippen LogP contribution is 2.31. The molecule has 7 heteroatoms. The lowest BCUT2D eigenvalue weighted by Gasteiger charge is -2.23. The average Bonchev–Trinajstić information content (AvgIpc) is 3.31. The van der Waals surface area contributed by atoms with Crippen molar-refractivity contribution in [2.75, 3.05) is 6.61 Å². The molecule has 1 aromatic carbocycles. The first-order valence-electron chi connectivity index (χ1n) is 8.68. The second kappa shape index (κ2) is 6.68. The number of hydrazine groups is 1. The molecule has 0 saturated heterocycles. The number of aromatic nitrogens is 1. The summed E-state index contributed by atoms with van der Waals surface area (Å²) < 4.78 is 10.9. The Morgan fingerprint density at radius 1 is 1.30 bits per heavy atom. The third-order valence-electron chi connectivity index (χ3n) is 4.45. The molecule has 0 aliphatic carbocycles. The van der Waals surface area contributed by atoms with Gasteiger partial charge in [0.15, 0.2) is 5.76 Å². The summed E-state index contributed by atoms with van der Waals surface area (Å²) in [7, 11) is 0. The van der Waals surface area contributed by atoms with E-state index in [1.54, 1.807) is 30.5 Å². The number of H-pyrrole nitrogens is 1. The molecule has 0 saturated carbocycles. The summed E-state index contributed by atoms with van der Waals surface area (Å²) >= 11 is 0. The maximum atomic E-state index is 12.7. The minimum atomic E-state index is -0.540. The van der Waals surface area contributed by atoms with E-state index in [9.17, 15) is 9.59 Å². The van der Waals surface area contributed by atoms with Crippen molar-refractivity contribution in [3.8, 4) is 5.75 Å². The maximum absolute atomic E-state index is 12.7. The zero-order valence-electron chi connectivity index (χ0n) is 15.0. The monoisotopic (exact) mass is 365 g/mol. The second-order valence-electron chi connectivity index (χ2n) is 6.24. The second-order valence-corrected chi connectivity index (χ2v) is 6.24. The van der Waals surface area contributed by atoms with Gasteiger partial charge in [0.2, 0.25) is 5.91 Å². The Morgan fingerprint density at radius 2 is 2.15 bits per heavy atom. The Morgan fingerprint density at radius 3 is 2.85 bits per heavy atom. The number of fused-ring (bicyclic) bond motifs is 1. The van der Waals surface area contributed by atoms with Crippen LogP contribution in [0.4, 0.5) is 0 Å². The predicted octanol–water partition coefficient (Wildman–Crippen LogP) is 2.97. The van der Waals surface area contributed by atoms with E-state index in [1.165, 1.54) is 11.9 Å². The van der Waals surface area contributed by atoms with E-state index in [0.29, 0.717) is 34.9 Å². The van der Waals surface area contributed by atoms with Gasteiger partial charge in [0.05, 0.1) is 24.1 Å². The molecule has 4 rings (SSSR count). The van der Waals surface area contributed by atoms with Gasteiger partial charge in [0.1, 0.15) is 11.8 Å². The van der Waals surface area contributed by atoms with Crippen molar-refractivity contribution in [1.82, 2.24) is 15.4 Å². The molecular formula is C20H19N3O4. The van der Waals surface area contributed by atoms with Crippen LogP contribution in [0.3, 0.4) is 0 Å². The minimum absolute atomic E-state index is 0.205. The van der Waals surface area contributed by atoms with Crippen molar-refractivity contribution in [3.63, 3.8) is 0 Å². The van der Waals surface area contributed by atoms with Gasteiger partial charge in [0.25, 0.3) is 5.56 Å². The zero-order valence-corrected chi connectivity index (χ0v) is 15.0. The molecule has 138 valence electrons. The van der Waals surface area contributed by atoms with E-state index < -0.39 is 6.04 Å². The summed E-state index contributed by atoms with van der Waals surface area (Å²) in [5.41, 5.74) is 4.56. The van der Waals surface area contributed by atoms with E-state index in [-0.39, 0.29) is 11.5 Å². The van der Waals surface area contributed by atoms with Gasteiger partial charge in [-0.2, -0.15) is 0 Å². The topological polar surface area (TPSA) is 87.6 Å². The highest BCUT2D eigenvalue weighted by molar-refractivity contribution is 5.82. The molecule has 0 fully saturated rings. The van der Waals surface area contributed by atoms with Crippen LogP contribution in [0, 0.1) is 0 Å². The molecule has 3 aromatic rings. The Kier molecular flexibility index (Phi) is 4.19. The first kappa shape index (κ1) is 17.0. The van der Waals surface area contributed by atoms with Gasteiger partial charge in [-0.3, -0.25) is 15.0 Å². The molecule has 7 nitrogen and oxygen atoms in total. The lowest BCUT2D eigenvalue weighted by Crippen LogP contribution is -2.39. The lowest BCUT2D eigenvalue weighted by molar-refractivity contribution is -0.132. The van der Waals surface area contributed by atoms with Crippen molar-refractivity contribution in [1.29, 1.82) is 0 Å². The van der Waals surface area contributed by atoms with Crippen LogP contribution in [0.1, 0.15) is 31.2 Å². The molecular weight excluding hydrogens is 346 g/mol. The molecule has 2 N–H and O–H groups in total. The van der Waals surface area contributed by atoms with Gasteiger partial charge < -0.3 is 14.1 Å². The van der Waals surface area contributed by atoms with E-state index in [4.69, 9.17) is 9.15 Å². The van der Waals surface area contributed by atoms with Crippen LogP contribution in [-0.4, -0.2) is 22.5 Å². The largest absolute Gasteiger partial charge is 0.494 e. The number of benzene rings is 1. The minimum Gasteiger partial charge on any atom is -0.494 e. The average molecular weight is 365 g/mol. The Bertz CT molecular complexity index is 1080. The number of hydrogen-bond acceptors (Lipinski definition) is 5. The first-order chi connectivity index (χ1) is 13.1. The van der Waals surface area contributed by atoms with Gasteiger partial charge in [0, 0.05) is 18.6 Å². The third-order valence-corrected chi connectivity index (χ3v) is 4.45. The summed E-state index contributed by atoms with van der Waals surface area (Å²) in [5, 5.41) is 2.28. The Hall–Kier alpha value is -3.48. The molecule has 1 amide bonds. The highest BCUT2D eigenvalue weighted by atomic mass is 16.5. The van der Waals surface area contributed by atoms with Crippen molar-refractivity contribution in [3.05, 3.63) is 70.4 Å². The number of nitrogens with one attached hydrogen (secondary N) is 2. The molecule has 2 aromatic heterocycles. The number of ether oxygens (including phenoxy) is 1. The van der Waals surface area contributed by atoms with Crippen LogP contribution in [0.15, 0.2) is 57.9 Å². The first-order valence-corrected chi connectivity index (χ1v) is 8.68. The van der Waals surface area contributed by atoms with Crippen molar-refractivity contribution in [2.45, 2.75) is 19.9 Å². The number of amides is 1. The summed E-state index contributed by atoms with van der Waals surface area (Å²) in [6.45, 7) is 3.90. The number of nitrogens with zero attached hydrogens (tertiary/aromatic N) is 1. The van der Waals surface area contributed by atoms with Crippen LogP contribution < -0.4 is 15.7 Å². The number of aromatic amines is 1. The van der Waals surface area contributed by atoms with Crippen LogP contribution in [0.5, 0.6) is 5.75 Å². The predicted molar refractivity (Wildman–Crippen MR) is 101 cm³/mol. The van der Waals surface area contributed by atoms with E-state index in [0.717, 1.165) is 5.39 Å². The third kappa shape index (κ3) is 3.08. The summed E-state index contributed by atoms with van der Waals surface area (Å²) in [5.74, 6) is 1.09. The van der Waals surface area contributed by atoms with Crippen molar-refractivity contribution in [2.24, 2.45) is 0 Å². The number of rotatable bonds is 4. The standard InChI is InChI=1S/C20H19N3O4/c1-3-26-14-7-6-13-9-15(20(25)21-16(13)10-14)18-11-17(19-5-4-8-27-19)22-23(18)12(2)24/h4-11,18,22H,3H2,1-2H3,(H,21,25)/t18-/m1/s1. The van der Waals surface area contributed by atoms with Gasteiger partial charge in [-0.25, -0.2) is 5.01 Å². The smallest absolute Gasteiger partial charge is 0.254 e. The molecule has 1 atom stereocenters. The van der Waals surface area contributed by atoms with E-state index in [1.807, 2.05) is 25.1 Å².